The third-order valence-electron chi connectivity index (χ3n) is 2.64. The SMILES string of the molecule is [2H]C([2H])([2H])OC(=O)c1cc(N2C([2H])([2H])C([2H])([2H])N(C(=O)OC(C)(C)C)C([2H])([2H])C2([2H])[2H])ccc1Br. The van der Waals surface area contributed by atoms with Gasteiger partial charge in [0.25, 0.3) is 0 Å². The van der Waals surface area contributed by atoms with E-state index in [0.29, 0.717) is 0 Å². The lowest BCUT2D eigenvalue weighted by Crippen LogP contribution is -2.50. The van der Waals surface area contributed by atoms with E-state index >= 15 is 0 Å². The average molecular weight is 410 g/mol. The van der Waals surface area contributed by atoms with Gasteiger partial charge in [-0.1, -0.05) is 0 Å². The molecule has 2 rings (SSSR count). The number of carbonyl (C=O) groups is 2. The van der Waals surface area contributed by atoms with Crippen LogP contribution in [0.4, 0.5) is 10.5 Å². The monoisotopic (exact) mass is 409 g/mol. The number of esters is 1. The van der Waals surface area contributed by atoms with Crippen molar-refractivity contribution in [3.63, 3.8) is 0 Å². The van der Waals surface area contributed by atoms with E-state index in [0.717, 1.165) is 18.2 Å². The molecule has 1 aliphatic heterocycles. The Balaban J connectivity index is 2.72. The van der Waals surface area contributed by atoms with Crippen LogP contribution in [-0.2, 0) is 9.47 Å². The summed E-state index contributed by atoms with van der Waals surface area (Å²) < 4.78 is 97.6. The number of benzene rings is 1. The van der Waals surface area contributed by atoms with Crippen LogP contribution in [0.2, 0.25) is 0 Å². The van der Waals surface area contributed by atoms with Gasteiger partial charge in [0.05, 0.1) is 27.7 Å². The van der Waals surface area contributed by atoms with E-state index in [9.17, 15) is 9.59 Å². The van der Waals surface area contributed by atoms with Crippen LogP contribution in [0.5, 0.6) is 0 Å². The maximum atomic E-state index is 12.7. The summed E-state index contributed by atoms with van der Waals surface area (Å²) in [5.41, 5.74) is -2.23. The topological polar surface area (TPSA) is 59.1 Å². The largest absolute Gasteiger partial charge is 0.465 e. The second kappa shape index (κ2) is 7.42. The zero-order chi connectivity index (χ0) is 27.6. The van der Waals surface area contributed by atoms with Crippen molar-refractivity contribution in [2.24, 2.45) is 0 Å². The molecule has 0 unspecified atom stereocenters. The Labute approximate surface area is 166 Å². The first-order chi connectivity index (χ1) is 15.4. The molecule has 0 spiro atoms. The molecule has 6 nitrogen and oxygen atoms in total. The maximum Gasteiger partial charge on any atom is 0.410 e. The highest BCUT2D eigenvalue weighted by Gasteiger charge is 2.26. The smallest absolute Gasteiger partial charge is 0.410 e. The molecule has 0 saturated carbocycles. The van der Waals surface area contributed by atoms with E-state index in [1.165, 1.54) is 20.8 Å². The molecule has 1 aromatic rings. The first kappa shape index (κ1) is 8.56. The van der Waals surface area contributed by atoms with E-state index in [1.807, 2.05) is 0 Å². The molecule has 1 aliphatic rings. The number of hydrogen-bond acceptors (Lipinski definition) is 5. The Bertz CT molecular complexity index is 996. The quantitative estimate of drug-likeness (QED) is 0.701. The zero-order valence-electron chi connectivity index (χ0n) is 24.1. The van der Waals surface area contributed by atoms with Gasteiger partial charge in [-0.25, -0.2) is 9.59 Å². The number of carbonyl (C=O) groups excluding carboxylic acids is 2. The van der Waals surface area contributed by atoms with Gasteiger partial charge < -0.3 is 19.3 Å². The second-order valence-corrected chi connectivity index (χ2v) is 6.51. The normalized spacial score (nSPS) is 30.9. The fraction of sp³-hybridized carbons (Fsp3) is 0.529. The van der Waals surface area contributed by atoms with Crippen LogP contribution < -0.4 is 4.90 Å². The van der Waals surface area contributed by atoms with Crippen LogP contribution in [0.3, 0.4) is 0 Å². The molecule has 132 valence electrons. The summed E-state index contributed by atoms with van der Waals surface area (Å²) in [6.45, 7) is -9.63. The summed E-state index contributed by atoms with van der Waals surface area (Å²) in [6.07, 6.45) is -1.63. The number of methoxy groups -OCH3 is 1. The van der Waals surface area contributed by atoms with Crippen LogP contribution >= 0.6 is 15.9 Å². The Kier molecular flexibility index (Phi) is 2.65. The zero-order valence-corrected chi connectivity index (χ0v) is 14.7. The lowest BCUT2D eigenvalue weighted by molar-refractivity contribution is 0.0240. The molecule has 7 heteroatoms. The minimum atomic E-state index is -3.50. The summed E-state index contributed by atoms with van der Waals surface area (Å²) in [6, 6.07) is 3.01. The summed E-state index contributed by atoms with van der Waals surface area (Å²) in [4.78, 5) is 24.9. The Hall–Kier alpha value is -1.76. The van der Waals surface area contributed by atoms with Gasteiger partial charge in [-0.2, -0.15) is 0 Å². The third kappa shape index (κ3) is 4.63. The molecule has 0 aliphatic carbocycles. The van der Waals surface area contributed by atoms with Gasteiger partial charge >= 0.3 is 12.1 Å². The van der Waals surface area contributed by atoms with Crippen LogP contribution in [0, 0.1) is 0 Å². The number of piperazine rings is 1. The number of halogens is 1. The molecule has 0 radical (unpaired) electrons. The second-order valence-electron chi connectivity index (χ2n) is 5.65. The van der Waals surface area contributed by atoms with Crippen molar-refractivity contribution in [3.8, 4) is 0 Å². The van der Waals surface area contributed by atoms with Gasteiger partial charge in [0.1, 0.15) is 5.60 Å². The lowest BCUT2D eigenvalue weighted by atomic mass is 10.1. The summed E-state index contributed by atoms with van der Waals surface area (Å²) >= 11 is 3.01. The summed E-state index contributed by atoms with van der Waals surface area (Å²) in [5.74, 6) is -1.38. The Morgan fingerprint density at radius 1 is 1.25 bits per heavy atom. The molecule has 1 heterocycles. The van der Waals surface area contributed by atoms with Crippen molar-refractivity contribution in [2.45, 2.75) is 26.4 Å². The van der Waals surface area contributed by atoms with Gasteiger partial charge in [0.2, 0.25) is 0 Å². The van der Waals surface area contributed by atoms with Crippen LogP contribution in [0.25, 0.3) is 0 Å². The summed E-state index contributed by atoms with van der Waals surface area (Å²) in [5, 5.41) is 0. The molecule has 0 aromatic heterocycles. The van der Waals surface area contributed by atoms with E-state index < -0.39 is 61.9 Å². The third-order valence-corrected chi connectivity index (χ3v) is 3.34. The van der Waals surface area contributed by atoms with Crippen molar-refractivity contribution in [1.29, 1.82) is 0 Å². The number of nitrogens with zero attached hydrogens (tertiary/aromatic N) is 2. The predicted molar refractivity (Wildman–Crippen MR) is 95.5 cm³/mol. The van der Waals surface area contributed by atoms with E-state index in [2.05, 4.69) is 20.7 Å². The minimum absolute atomic E-state index is 0.00460. The number of anilines is 1. The van der Waals surface area contributed by atoms with Crippen molar-refractivity contribution in [2.75, 3.05) is 37.9 Å². The predicted octanol–water partition coefficient (Wildman–Crippen LogP) is 3.29. The molecule has 1 aromatic carbocycles. The number of ether oxygens (including phenoxy) is 2. The molecular weight excluding hydrogens is 376 g/mol. The number of hydrogen-bond donors (Lipinski definition) is 0. The molecular formula is C17H23BrN2O4. The highest BCUT2D eigenvalue weighted by atomic mass is 79.9. The van der Waals surface area contributed by atoms with Crippen LogP contribution in [0.15, 0.2) is 22.7 Å². The van der Waals surface area contributed by atoms with E-state index in [1.54, 1.807) is 0 Å². The molecule has 1 fully saturated rings. The standard InChI is InChI=1S/C17H23BrN2O4/c1-17(2,3)24-16(22)20-9-7-19(8-10-20)12-5-6-14(18)13(11-12)15(21)23-4/h5-6,11H,7-10H2,1-4H3/i4D3,7D2,8D2,9D2,10D2. The number of amides is 1. The van der Waals surface area contributed by atoms with Gasteiger partial charge in [0, 0.05) is 36.1 Å². The van der Waals surface area contributed by atoms with E-state index in [-0.39, 0.29) is 14.3 Å². The van der Waals surface area contributed by atoms with Gasteiger partial charge in [-0.3, -0.25) is 0 Å². The van der Waals surface area contributed by atoms with Gasteiger partial charge in [-0.15, -0.1) is 0 Å². The van der Waals surface area contributed by atoms with Crippen molar-refractivity contribution in [3.05, 3.63) is 28.2 Å². The molecule has 1 saturated heterocycles. The van der Waals surface area contributed by atoms with E-state index in [4.69, 9.17) is 19.8 Å². The first-order valence-electron chi connectivity index (χ1n) is 12.2. The molecule has 0 atom stereocenters. The van der Waals surface area contributed by atoms with Crippen LogP contribution in [-0.4, -0.2) is 55.6 Å². The minimum Gasteiger partial charge on any atom is -0.465 e. The number of rotatable bonds is 2. The fourth-order valence-electron chi connectivity index (χ4n) is 1.65. The summed E-state index contributed by atoms with van der Waals surface area (Å²) in [7, 11) is -3.12. The highest BCUT2D eigenvalue weighted by molar-refractivity contribution is 9.10. The Morgan fingerprint density at radius 2 is 1.92 bits per heavy atom. The molecule has 0 bridgehead atoms. The maximum absolute atomic E-state index is 12.7. The molecule has 0 N–H and O–H groups in total. The van der Waals surface area contributed by atoms with Crippen molar-refractivity contribution >= 4 is 33.7 Å². The fourth-order valence-corrected chi connectivity index (χ4v) is 2.06. The van der Waals surface area contributed by atoms with Crippen LogP contribution in [0.1, 0.15) is 46.2 Å². The highest BCUT2D eigenvalue weighted by Crippen LogP contribution is 2.25. The van der Waals surface area contributed by atoms with Crippen molar-refractivity contribution < 1.29 is 34.1 Å². The van der Waals surface area contributed by atoms with Gasteiger partial charge in [0.15, 0.2) is 0 Å². The Morgan fingerprint density at radius 3 is 2.50 bits per heavy atom. The van der Waals surface area contributed by atoms with Crippen molar-refractivity contribution in [1.82, 2.24) is 4.90 Å². The van der Waals surface area contributed by atoms with Gasteiger partial charge in [-0.05, 0) is 54.9 Å². The average Bonchev–Trinajstić information content (AvgIpc) is 2.58. The first-order valence-corrected chi connectivity index (χ1v) is 7.54. The molecule has 24 heavy (non-hydrogen) atoms. The molecule has 1 amide bonds. The lowest BCUT2D eigenvalue weighted by Gasteiger charge is -2.36.